The third-order valence-electron chi connectivity index (χ3n) is 5.33. The molecule has 0 aromatic heterocycles. The molecule has 0 spiro atoms. The fraction of sp³-hybridized carbons (Fsp3) is 0.500. The summed E-state index contributed by atoms with van der Waals surface area (Å²) < 4.78 is 0. The molecule has 2 fully saturated rings. The molecule has 1 saturated carbocycles. The van der Waals surface area contributed by atoms with Gasteiger partial charge < -0.3 is 15.1 Å². The summed E-state index contributed by atoms with van der Waals surface area (Å²) in [5.41, 5.74) is 4.77. The van der Waals surface area contributed by atoms with E-state index in [0.29, 0.717) is 0 Å². The van der Waals surface area contributed by atoms with Gasteiger partial charge in [0.15, 0.2) is 6.17 Å². The number of anilines is 1. The molecular weight excluding hydrogens is 318 g/mol. The van der Waals surface area contributed by atoms with E-state index < -0.39 is 6.17 Å². The lowest BCUT2D eigenvalue weighted by Crippen LogP contribution is -2.68. The molecule has 1 aliphatic carbocycles. The van der Waals surface area contributed by atoms with E-state index in [9.17, 15) is 9.59 Å². The van der Waals surface area contributed by atoms with Crippen LogP contribution < -0.4 is 10.7 Å². The summed E-state index contributed by atoms with van der Waals surface area (Å²) in [6, 6.07) is 7.98. The van der Waals surface area contributed by atoms with Gasteiger partial charge in [0.2, 0.25) is 5.91 Å². The van der Waals surface area contributed by atoms with Gasteiger partial charge in [-0.25, -0.2) is 0 Å². The van der Waals surface area contributed by atoms with Crippen LogP contribution in [0, 0.1) is 6.92 Å². The van der Waals surface area contributed by atoms with Crippen molar-refractivity contribution in [1.82, 2.24) is 15.2 Å². The second-order valence-electron chi connectivity index (χ2n) is 7.02. The van der Waals surface area contributed by atoms with Crippen LogP contribution >= 0.6 is 0 Å². The van der Waals surface area contributed by atoms with E-state index in [1.165, 1.54) is 0 Å². The van der Waals surface area contributed by atoms with Crippen molar-refractivity contribution in [3.63, 3.8) is 0 Å². The molecular formula is C18H23N5O2. The topological polar surface area (TPSA) is 77.0 Å². The molecule has 3 aliphatic rings. The summed E-state index contributed by atoms with van der Waals surface area (Å²) >= 11 is 0. The number of piperazine rings is 1. The van der Waals surface area contributed by atoms with E-state index in [4.69, 9.17) is 0 Å². The number of carbonyl (C=O) groups excluding carboxylic acids is 2. The summed E-state index contributed by atoms with van der Waals surface area (Å²) in [6.45, 7) is 2.09. The first-order chi connectivity index (χ1) is 12.1. The number of aryl methyl sites for hydroxylation is 1. The Morgan fingerprint density at radius 3 is 2.72 bits per heavy atom. The Kier molecular flexibility index (Phi) is 4.07. The van der Waals surface area contributed by atoms with Crippen molar-refractivity contribution >= 4 is 23.8 Å². The molecule has 4 rings (SSSR count). The Hall–Kier alpha value is -2.57. The van der Waals surface area contributed by atoms with Gasteiger partial charge in [0.1, 0.15) is 12.9 Å². The van der Waals surface area contributed by atoms with Crippen LogP contribution in [0.5, 0.6) is 0 Å². The van der Waals surface area contributed by atoms with E-state index in [1.54, 1.807) is 11.2 Å². The number of hydrogen-bond acceptors (Lipinski definition) is 5. The molecule has 2 aliphatic heterocycles. The molecule has 132 valence electrons. The first-order valence-electron chi connectivity index (χ1n) is 8.86. The minimum Gasteiger partial charge on any atom is -0.327 e. The van der Waals surface area contributed by atoms with Crippen LogP contribution in [0.25, 0.3) is 0 Å². The minimum atomic E-state index is -0.466. The Bertz CT molecular complexity index is 702. The van der Waals surface area contributed by atoms with Crippen LogP contribution in [-0.4, -0.2) is 52.7 Å². The maximum atomic E-state index is 12.9. The van der Waals surface area contributed by atoms with E-state index in [-0.39, 0.29) is 30.4 Å². The Morgan fingerprint density at radius 2 is 1.96 bits per heavy atom. The zero-order valence-electron chi connectivity index (χ0n) is 14.3. The highest BCUT2D eigenvalue weighted by atomic mass is 16.2. The van der Waals surface area contributed by atoms with Gasteiger partial charge in [-0.05, 0) is 31.9 Å². The number of rotatable bonds is 3. The minimum absolute atomic E-state index is 0.0697. The summed E-state index contributed by atoms with van der Waals surface area (Å²) in [5.74, 6) is -0.228. The molecule has 7 nitrogen and oxygen atoms in total. The SMILES string of the molecule is Cc1ccc(NC(=O)CN2C(=O)C3NN=CN3C3CCCCC32)cc1. The van der Waals surface area contributed by atoms with E-state index in [2.05, 4.69) is 15.8 Å². The molecule has 2 N–H and O–H groups in total. The first kappa shape index (κ1) is 15.9. The predicted octanol–water partition coefficient (Wildman–Crippen LogP) is 1.26. The van der Waals surface area contributed by atoms with E-state index in [0.717, 1.165) is 36.9 Å². The van der Waals surface area contributed by atoms with Crippen LogP contribution in [0.15, 0.2) is 29.4 Å². The smallest absolute Gasteiger partial charge is 0.268 e. The van der Waals surface area contributed by atoms with Crippen molar-refractivity contribution in [3.05, 3.63) is 29.8 Å². The number of carbonyl (C=O) groups is 2. The largest absolute Gasteiger partial charge is 0.327 e. The number of nitrogens with one attached hydrogen (secondary N) is 2. The van der Waals surface area contributed by atoms with Gasteiger partial charge in [0, 0.05) is 5.69 Å². The Morgan fingerprint density at radius 1 is 1.24 bits per heavy atom. The van der Waals surface area contributed by atoms with Crippen molar-refractivity contribution < 1.29 is 9.59 Å². The summed E-state index contributed by atoms with van der Waals surface area (Å²) in [6.07, 6.45) is 5.47. The van der Waals surface area contributed by atoms with Gasteiger partial charge >= 0.3 is 0 Å². The highest BCUT2D eigenvalue weighted by molar-refractivity contribution is 5.96. The van der Waals surface area contributed by atoms with Crippen molar-refractivity contribution in [1.29, 1.82) is 0 Å². The highest BCUT2D eigenvalue weighted by Gasteiger charge is 2.48. The van der Waals surface area contributed by atoms with Crippen molar-refractivity contribution in [2.24, 2.45) is 5.10 Å². The monoisotopic (exact) mass is 341 g/mol. The number of nitrogens with zero attached hydrogens (tertiary/aromatic N) is 3. The van der Waals surface area contributed by atoms with Gasteiger partial charge in [-0.3, -0.25) is 15.0 Å². The molecule has 0 radical (unpaired) electrons. The number of hydrazone groups is 1. The van der Waals surface area contributed by atoms with Crippen LogP contribution in [0.3, 0.4) is 0 Å². The van der Waals surface area contributed by atoms with E-state index >= 15 is 0 Å². The van der Waals surface area contributed by atoms with Crippen molar-refractivity contribution in [2.75, 3.05) is 11.9 Å². The predicted molar refractivity (Wildman–Crippen MR) is 94.8 cm³/mol. The molecule has 1 saturated heterocycles. The zero-order valence-corrected chi connectivity index (χ0v) is 14.3. The fourth-order valence-electron chi connectivity index (χ4n) is 4.07. The molecule has 1 aromatic carbocycles. The second-order valence-corrected chi connectivity index (χ2v) is 7.02. The lowest BCUT2D eigenvalue weighted by molar-refractivity contribution is -0.151. The van der Waals surface area contributed by atoms with Crippen molar-refractivity contribution in [3.8, 4) is 0 Å². The zero-order chi connectivity index (χ0) is 17.4. The molecule has 3 atom stereocenters. The van der Waals surface area contributed by atoms with Gasteiger partial charge in [-0.1, -0.05) is 30.5 Å². The van der Waals surface area contributed by atoms with Gasteiger partial charge in [0.25, 0.3) is 5.91 Å². The van der Waals surface area contributed by atoms with Crippen LogP contribution in [0.1, 0.15) is 31.2 Å². The Labute approximate surface area is 147 Å². The first-order valence-corrected chi connectivity index (χ1v) is 8.86. The van der Waals surface area contributed by atoms with Gasteiger partial charge in [0.05, 0.1) is 12.1 Å². The number of fused-ring (bicyclic) bond motifs is 3. The Balaban J connectivity index is 1.49. The summed E-state index contributed by atoms with van der Waals surface area (Å²) in [7, 11) is 0. The average molecular weight is 341 g/mol. The van der Waals surface area contributed by atoms with E-state index in [1.807, 2.05) is 36.1 Å². The van der Waals surface area contributed by atoms with Gasteiger partial charge in [-0.15, -0.1) is 0 Å². The standard InChI is InChI=1S/C18H23N5O2/c1-12-6-8-13(9-7-12)20-16(24)10-22-14-4-2-3-5-15(14)23-11-19-21-17(23)18(22)25/h6-9,11,14-15,17,21H,2-5,10H2,1H3,(H,20,24). The molecule has 7 heteroatoms. The fourth-order valence-corrected chi connectivity index (χ4v) is 4.07. The third kappa shape index (κ3) is 2.94. The van der Waals surface area contributed by atoms with Crippen LogP contribution in [0.4, 0.5) is 5.69 Å². The quantitative estimate of drug-likeness (QED) is 0.868. The molecule has 3 unspecified atom stereocenters. The molecule has 2 heterocycles. The lowest BCUT2D eigenvalue weighted by Gasteiger charge is -2.50. The number of amides is 2. The summed E-state index contributed by atoms with van der Waals surface area (Å²) in [4.78, 5) is 29.1. The number of benzene rings is 1. The lowest BCUT2D eigenvalue weighted by atomic mass is 9.85. The van der Waals surface area contributed by atoms with Gasteiger partial charge in [-0.2, -0.15) is 5.10 Å². The van der Waals surface area contributed by atoms with Crippen molar-refractivity contribution in [2.45, 2.75) is 50.9 Å². The maximum Gasteiger partial charge on any atom is 0.268 e. The second kappa shape index (κ2) is 6.38. The molecule has 25 heavy (non-hydrogen) atoms. The number of hydrogen-bond donors (Lipinski definition) is 2. The maximum absolute atomic E-state index is 12.9. The van der Waals surface area contributed by atoms with Crippen LogP contribution in [-0.2, 0) is 9.59 Å². The normalized spacial score (nSPS) is 27.6. The molecule has 1 aromatic rings. The average Bonchev–Trinajstić information content (AvgIpc) is 3.11. The molecule has 2 amide bonds. The third-order valence-corrected chi connectivity index (χ3v) is 5.33. The van der Waals surface area contributed by atoms with Crippen LogP contribution in [0.2, 0.25) is 0 Å². The highest BCUT2D eigenvalue weighted by Crippen LogP contribution is 2.33. The molecule has 0 bridgehead atoms. The summed E-state index contributed by atoms with van der Waals surface area (Å²) in [5, 5.41) is 6.96.